The maximum absolute atomic E-state index is 11.3. The van der Waals surface area contributed by atoms with Crippen LogP contribution in [-0.2, 0) is 14.3 Å². The summed E-state index contributed by atoms with van der Waals surface area (Å²) in [4.78, 5) is 11.3. The van der Waals surface area contributed by atoms with Crippen molar-refractivity contribution in [3.8, 4) is 0 Å². The van der Waals surface area contributed by atoms with E-state index in [1.165, 1.54) is 0 Å². The van der Waals surface area contributed by atoms with Gasteiger partial charge in [0.15, 0.2) is 0 Å². The maximum atomic E-state index is 11.3. The lowest BCUT2D eigenvalue weighted by atomic mass is 9.91. The van der Waals surface area contributed by atoms with E-state index in [-0.39, 0.29) is 17.0 Å². The van der Waals surface area contributed by atoms with Gasteiger partial charge in [0, 0.05) is 6.42 Å². The van der Waals surface area contributed by atoms with Gasteiger partial charge in [-0.1, -0.05) is 20.8 Å². The monoisotopic (exact) mass is 230 g/mol. The Morgan fingerprint density at radius 3 is 2.00 bits per heavy atom. The first-order chi connectivity index (χ1) is 7.10. The third-order valence-corrected chi connectivity index (χ3v) is 1.96. The SMILES string of the molecule is CC(C)(C)CCC(=O)OCCOC(C)(C)C. The molecule has 0 rings (SSSR count). The van der Waals surface area contributed by atoms with Gasteiger partial charge in [0.05, 0.1) is 12.2 Å². The van der Waals surface area contributed by atoms with Gasteiger partial charge in [-0.15, -0.1) is 0 Å². The number of ether oxygens (including phenoxy) is 2. The molecule has 0 aliphatic carbocycles. The van der Waals surface area contributed by atoms with Crippen LogP contribution in [0.4, 0.5) is 0 Å². The molecule has 3 heteroatoms. The van der Waals surface area contributed by atoms with Gasteiger partial charge in [-0.25, -0.2) is 0 Å². The Balaban J connectivity index is 3.52. The van der Waals surface area contributed by atoms with E-state index in [1.54, 1.807) is 0 Å². The molecule has 16 heavy (non-hydrogen) atoms. The average molecular weight is 230 g/mol. The summed E-state index contributed by atoms with van der Waals surface area (Å²) in [6.45, 7) is 13.1. The highest BCUT2D eigenvalue weighted by atomic mass is 16.6. The van der Waals surface area contributed by atoms with E-state index >= 15 is 0 Å². The van der Waals surface area contributed by atoms with Crippen molar-refractivity contribution >= 4 is 5.97 Å². The molecule has 0 radical (unpaired) electrons. The topological polar surface area (TPSA) is 35.5 Å². The van der Waals surface area contributed by atoms with Crippen LogP contribution >= 0.6 is 0 Å². The first-order valence-corrected chi connectivity index (χ1v) is 5.90. The lowest BCUT2D eigenvalue weighted by Crippen LogP contribution is -2.22. The van der Waals surface area contributed by atoms with Crippen LogP contribution in [0.1, 0.15) is 54.4 Å². The van der Waals surface area contributed by atoms with Crippen LogP contribution in [0.15, 0.2) is 0 Å². The fourth-order valence-corrected chi connectivity index (χ4v) is 1.05. The zero-order valence-corrected chi connectivity index (χ0v) is 11.6. The molecule has 0 amide bonds. The molecular formula is C13H26O3. The first kappa shape index (κ1) is 15.4. The van der Waals surface area contributed by atoms with Gasteiger partial charge >= 0.3 is 5.97 Å². The number of carbonyl (C=O) groups is 1. The summed E-state index contributed by atoms with van der Waals surface area (Å²) in [5.41, 5.74) is 0.0126. The molecule has 0 aromatic rings. The smallest absolute Gasteiger partial charge is 0.305 e. The summed E-state index contributed by atoms with van der Waals surface area (Å²) < 4.78 is 10.5. The van der Waals surface area contributed by atoms with Gasteiger partial charge in [-0.05, 0) is 32.6 Å². The van der Waals surface area contributed by atoms with Crippen LogP contribution in [0, 0.1) is 5.41 Å². The zero-order valence-electron chi connectivity index (χ0n) is 11.6. The number of carbonyl (C=O) groups excluding carboxylic acids is 1. The Morgan fingerprint density at radius 1 is 1.00 bits per heavy atom. The molecule has 0 aromatic carbocycles. The standard InChI is InChI=1S/C13H26O3/c1-12(2,3)8-7-11(14)15-9-10-16-13(4,5)6/h7-10H2,1-6H3. The predicted molar refractivity (Wildman–Crippen MR) is 65.4 cm³/mol. The molecule has 96 valence electrons. The van der Waals surface area contributed by atoms with Crippen molar-refractivity contribution in [3.05, 3.63) is 0 Å². The molecule has 0 atom stereocenters. The predicted octanol–water partition coefficient (Wildman–Crippen LogP) is 3.17. The molecular weight excluding hydrogens is 204 g/mol. The Bertz CT molecular complexity index is 208. The lowest BCUT2D eigenvalue weighted by Gasteiger charge is -2.20. The largest absolute Gasteiger partial charge is 0.463 e. The average Bonchev–Trinajstić information content (AvgIpc) is 2.06. The molecule has 0 heterocycles. The highest BCUT2D eigenvalue weighted by Crippen LogP contribution is 2.20. The van der Waals surface area contributed by atoms with Gasteiger partial charge < -0.3 is 9.47 Å². The summed E-state index contributed by atoms with van der Waals surface area (Å²) in [6, 6.07) is 0. The van der Waals surface area contributed by atoms with E-state index in [2.05, 4.69) is 20.8 Å². The lowest BCUT2D eigenvalue weighted by molar-refractivity contribution is -0.147. The fraction of sp³-hybridized carbons (Fsp3) is 0.923. The van der Waals surface area contributed by atoms with Crippen LogP contribution in [0.5, 0.6) is 0 Å². The fourth-order valence-electron chi connectivity index (χ4n) is 1.05. The normalized spacial score (nSPS) is 12.6. The summed E-state index contributed by atoms with van der Waals surface area (Å²) >= 11 is 0. The van der Waals surface area contributed by atoms with Crippen LogP contribution in [0.2, 0.25) is 0 Å². The van der Waals surface area contributed by atoms with E-state index in [4.69, 9.17) is 9.47 Å². The van der Waals surface area contributed by atoms with Crippen LogP contribution in [0.3, 0.4) is 0 Å². The molecule has 0 saturated heterocycles. The molecule has 0 aromatic heterocycles. The third-order valence-electron chi connectivity index (χ3n) is 1.96. The summed E-state index contributed by atoms with van der Waals surface area (Å²) in [5.74, 6) is -0.132. The zero-order chi connectivity index (χ0) is 12.8. The summed E-state index contributed by atoms with van der Waals surface area (Å²) in [7, 11) is 0. The van der Waals surface area contributed by atoms with Crippen molar-refractivity contribution < 1.29 is 14.3 Å². The van der Waals surface area contributed by atoms with E-state index in [0.717, 1.165) is 6.42 Å². The Morgan fingerprint density at radius 2 is 1.56 bits per heavy atom. The molecule has 3 nitrogen and oxygen atoms in total. The molecule has 0 fully saturated rings. The molecule has 0 aliphatic rings. The van der Waals surface area contributed by atoms with Crippen molar-refractivity contribution in [1.29, 1.82) is 0 Å². The van der Waals surface area contributed by atoms with Gasteiger partial charge in [0.2, 0.25) is 0 Å². The van der Waals surface area contributed by atoms with Crippen LogP contribution in [-0.4, -0.2) is 24.8 Å². The Hall–Kier alpha value is -0.570. The van der Waals surface area contributed by atoms with E-state index in [1.807, 2.05) is 20.8 Å². The second-order valence-electron chi connectivity index (χ2n) is 6.24. The Kier molecular flexibility index (Phi) is 6.01. The quantitative estimate of drug-likeness (QED) is 0.537. The minimum absolute atomic E-state index is 0.132. The highest BCUT2D eigenvalue weighted by molar-refractivity contribution is 5.69. The van der Waals surface area contributed by atoms with Crippen molar-refractivity contribution in [2.24, 2.45) is 5.41 Å². The van der Waals surface area contributed by atoms with Crippen molar-refractivity contribution in [2.45, 2.75) is 60.0 Å². The molecule has 0 aliphatic heterocycles. The summed E-state index contributed by atoms with van der Waals surface area (Å²) in [6.07, 6.45) is 1.34. The van der Waals surface area contributed by atoms with Crippen molar-refractivity contribution in [2.75, 3.05) is 13.2 Å². The second-order valence-corrected chi connectivity index (χ2v) is 6.24. The van der Waals surface area contributed by atoms with Gasteiger partial charge in [-0.2, -0.15) is 0 Å². The Labute approximate surface area is 99.5 Å². The number of hydrogen-bond acceptors (Lipinski definition) is 3. The first-order valence-electron chi connectivity index (χ1n) is 5.90. The highest BCUT2D eigenvalue weighted by Gasteiger charge is 2.14. The molecule has 0 saturated carbocycles. The van der Waals surface area contributed by atoms with Crippen molar-refractivity contribution in [3.63, 3.8) is 0 Å². The maximum Gasteiger partial charge on any atom is 0.305 e. The van der Waals surface area contributed by atoms with Gasteiger partial charge in [0.1, 0.15) is 6.61 Å². The minimum atomic E-state index is -0.169. The number of hydrogen-bond donors (Lipinski definition) is 0. The summed E-state index contributed by atoms with van der Waals surface area (Å²) in [5, 5.41) is 0. The third kappa shape index (κ3) is 11.5. The molecule has 0 unspecified atom stereocenters. The number of rotatable bonds is 5. The van der Waals surface area contributed by atoms with Gasteiger partial charge in [0.25, 0.3) is 0 Å². The van der Waals surface area contributed by atoms with Gasteiger partial charge in [-0.3, -0.25) is 4.79 Å². The van der Waals surface area contributed by atoms with E-state index in [9.17, 15) is 4.79 Å². The molecule has 0 N–H and O–H groups in total. The van der Waals surface area contributed by atoms with Crippen molar-refractivity contribution in [1.82, 2.24) is 0 Å². The minimum Gasteiger partial charge on any atom is -0.463 e. The van der Waals surface area contributed by atoms with Crippen LogP contribution in [0.25, 0.3) is 0 Å². The van der Waals surface area contributed by atoms with E-state index < -0.39 is 0 Å². The molecule has 0 bridgehead atoms. The second kappa shape index (κ2) is 6.24. The van der Waals surface area contributed by atoms with Crippen LogP contribution < -0.4 is 0 Å². The number of esters is 1. The molecule has 0 spiro atoms. The van der Waals surface area contributed by atoms with E-state index in [0.29, 0.717) is 19.6 Å².